The second-order valence-corrected chi connectivity index (χ2v) is 5.60. The zero-order valence-corrected chi connectivity index (χ0v) is 10.4. The number of hydrogen-bond acceptors (Lipinski definition) is 1. The van der Waals surface area contributed by atoms with Crippen molar-refractivity contribution in [2.45, 2.75) is 38.2 Å². The van der Waals surface area contributed by atoms with Gasteiger partial charge < -0.3 is 5.32 Å². The zero-order chi connectivity index (χ0) is 12.5. The van der Waals surface area contributed by atoms with Gasteiger partial charge in [0.05, 0.1) is 6.54 Å². The van der Waals surface area contributed by atoms with E-state index in [1.54, 1.807) is 0 Å². The first-order valence-electron chi connectivity index (χ1n) is 6.82. The Labute approximate surface area is 107 Å². The standard InChI is InChI=1S/C15H19F2N/c16-14(17)9-18-15-12-5-6-13(15)8-11-4-2-1-3-10(11)7-12/h1-4,12-15,18H,5-9H2. The molecule has 0 saturated heterocycles. The fraction of sp³-hybridized carbons (Fsp3) is 0.600. The van der Waals surface area contributed by atoms with Crippen molar-refractivity contribution in [3.8, 4) is 0 Å². The van der Waals surface area contributed by atoms with Gasteiger partial charge in [-0.15, -0.1) is 0 Å². The lowest BCUT2D eigenvalue weighted by Crippen LogP contribution is -2.40. The van der Waals surface area contributed by atoms with Gasteiger partial charge in [-0.2, -0.15) is 0 Å². The molecule has 2 bridgehead atoms. The molecule has 2 atom stereocenters. The normalized spacial score (nSPS) is 30.3. The van der Waals surface area contributed by atoms with Crippen LogP contribution in [0.1, 0.15) is 24.0 Å². The molecule has 0 radical (unpaired) electrons. The van der Waals surface area contributed by atoms with Crippen LogP contribution >= 0.6 is 0 Å². The van der Waals surface area contributed by atoms with Gasteiger partial charge in [-0.3, -0.25) is 0 Å². The van der Waals surface area contributed by atoms with Gasteiger partial charge in [-0.1, -0.05) is 24.3 Å². The summed E-state index contributed by atoms with van der Waals surface area (Å²) in [6.07, 6.45) is 2.22. The van der Waals surface area contributed by atoms with Crippen molar-refractivity contribution in [1.82, 2.24) is 5.32 Å². The average Bonchev–Trinajstić information content (AvgIpc) is 2.62. The van der Waals surface area contributed by atoms with Crippen LogP contribution in [0.5, 0.6) is 0 Å². The third kappa shape index (κ3) is 2.28. The first-order valence-corrected chi connectivity index (χ1v) is 6.82. The third-order valence-electron chi connectivity index (χ3n) is 4.51. The van der Waals surface area contributed by atoms with Gasteiger partial charge in [0, 0.05) is 6.04 Å². The Kier molecular flexibility index (Phi) is 3.33. The Bertz CT molecular complexity index is 386. The molecule has 0 aliphatic heterocycles. The van der Waals surface area contributed by atoms with E-state index in [2.05, 4.69) is 29.6 Å². The maximum atomic E-state index is 12.4. The van der Waals surface area contributed by atoms with Crippen molar-refractivity contribution in [1.29, 1.82) is 0 Å². The summed E-state index contributed by atoms with van der Waals surface area (Å²) in [5.41, 5.74) is 2.85. The Balaban J connectivity index is 1.78. The van der Waals surface area contributed by atoms with Crippen LogP contribution < -0.4 is 5.32 Å². The predicted octanol–water partition coefficient (Wildman–Crippen LogP) is 3.03. The summed E-state index contributed by atoms with van der Waals surface area (Å²) < 4.78 is 24.7. The van der Waals surface area contributed by atoms with E-state index in [4.69, 9.17) is 0 Å². The highest BCUT2D eigenvalue weighted by Crippen LogP contribution is 2.39. The molecule has 0 spiro atoms. The average molecular weight is 251 g/mol. The molecule has 2 aliphatic rings. The lowest BCUT2D eigenvalue weighted by atomic mass is 9.94. The Hall–Kier alpha value is -0.960. The minimum atomic E-state index is -2.24. The molecule has 1 saturated carbocycles. The van der Waals surface area contributed by atoms with E-state index >= 15 is 0 Å². The second kappa shape index (κ2) is 4.96. The number of hydrogen-bond donors (Lipinski definition) is 1. The summed E-state index contributed by atoms with van der Waals surface area (Å²) >= 11 is 0. The monoisotopic (exact) mass is 251 g/mol. The highest BCUT2D eigenvalue weighted by Gasteiger charge is 2.38. The van der Waals surface area contributed by atoms with Crippen LogP contribution in [0.15, 0.2) is 24.3 Å². The molecule has 1 fully saturated rings. The molecule has 2 unspecified atom stereocenters. The van der Waals surface area contributed by atoms with Crippen molar-refractivity contribution in [2.75, 3.05) is 6.54 Å². The van der Waals surface area contributed by atoms with Gasteiger partial charge in [0.2, 0.25) is 0 Å². The molecule has 1 N–H and O–H groups in total. The molecule has 3 rings (SSSR count). The van der Waals surface area contributed by atoms with Crippen LogP contribution in [-0.4, -0.2) is 19.0 Å². The summed E-state index contributed by atoms with van der Waals surface area (Å²) in [5, 5.41) is 3.11. The number of benzene rings is 1. The summed E-state index contributed by atoms with van der Waals surface area (Å²) in [6.45, 7) is -0.159. The fourth-order valence-corrected chi connectivity index (χ4v) is 3.71. The highest BCUT2D eigenvalue weighted by atomic mass is 19.3. The van der Waals surface area contributed by atoms with Crippen molar-refractivity contribution in [3.05, 3.63) is 35.4 Å². The lowest BCUT2D eigenvalue weighted by molar-refractivity contribution is 0.134. The van der Waals surface area contributed by atoms with Gasteiger partial charge in [0.25, 0.3) is 6.43 Å². The van der Waals surface area contributed by atoms with Gasteiger partial charge >= 0.3 is 0 Å². The maximum Gasteiger partial charge on any atom is 0.250 e. The highest BCUT2D eigenvalue weighted by molar-refractivity contribution is 5.30. The van der Waals surface area contributed by atoms with E-state index in [-0.39, 0.29) is 12.6 Å². The van der Waals surface area contributed by atoms with Gasteiger partial charge in [0.15, 0.2) is 0 Å². The topological polar surface area (TPSA) is 12.0 Å². The molecule has 0 heterocycles. The molecule has 2 aliphatic carbocycles. The molecule has 3 heteroatoms. The van der Waals surface area contributed by atoms with Gasteiger partial charge in [-0.25, -0.2) is 8.78 Å². The number of halogens is 2. The van der Waals surface area contributed by atoms with Crippen LogP contribution in [-0.2, 0) is 12.8 Å². The van der Waals surface area contributed by atoms with E-state index in [1.165, 1.54) is 24.0 Å². The fourth-order valence-electron chi connectivity index (χ4n) is 3.71. The van der Waals surface area contributed by atoms with E-state index in [0.29, 0.717) is 11.8 Å². The molecule has 98 valence electrons. The van der Waals surface area contributed by atoms with Gasteiger partial charge in [-0.05, 0) is 48.6 Å². The van der Waals surface area contributed by atoms with Crippen LogP contribution in [0.3, 0.4) is 0 Å². The van der Waals surface area contributed by atoms with E-state index in [9.17, 15) is 8.78 Å². The quantitative estimate of drug-likeness (QED) is 0.870. The number of fused-ring (bicyclic) bond motifs is 3. The molecular formula is C15H19F2N. The van der Waals surface area contributed by atoms with Crippen LogP contribution in [0.25, 0.3) is 0 Å². The minimum absolute atomic E-state index is 0.159. The molecule has 18 heavy (non-hydrogen) atoms. The second-order valence-electron chi connectivity index (χ2n) is 5.60. The summed E-state index contributed by atoms with van der Waals surface area (Å²) in [7, 11) is 0. The first kappa shape index (κ1) is 12.1. The van der Waals surface area contributed by atoms with Gasteiger partial charge in [0.1, 0.15) is 0 Å². The Morgan fingerprint density at radius 1 is 1.06 bits per heavy atom. The van der Waals surface area contributed by atoms with Crippen molar-refractivity contribution < 1.29 is 8.78 Å². The van der Waals surface area contributed by atoms with Crippen molar-refractivity contribution >= 4 is 0 Å². The first-order chi connectivity index (χ1) is 8.74. The van der Waals surface area contributed by atoms with Crippen molar-refractivity contribution in [3.63, 3.8) is 0 Å². The molecule has 1 aromatic rings. The van der Waals surface area contributed by atoms with Crippen LogP contribution in [0.4, 0.5) is 8.78 Å². The number of nitrogens with one attached hydrogen (secondary N) is 1. The number of alkyl halides is 2. The molecule has 0 aromatic heterocycles. The molecular weight excluding hydrogens is 232 g/mol. The molecule has 1 aromatic carbocycles. The number of rotatable bonds is 3. The van der Waals surface area contributed by atoms with E-state index < -0.39 is 6.43 Å². The van der Waals surface area contributed by atoms with Crippen molar-refractivity contribution in [2.24, 2.45) is 11.8 Å². The molecule has 1 nitrogen and oxygen atoms in total. The zero-order valence-electron chi connectivity index (χ0n) is 10.4. The Morgan fingerprint density at radius 3 is 2.11 bits per heavy atom. The maximum absolute atomic E-state index is 12.4. The SMILES string of the molecule is FC(F)CNC1C2CCC1Cc1ccccc1C2. The lowest BCUT2D eigenvalue weighted by Gasteiger charge is -2.23. The smallest absolute Gasteiger partial charge is 0.250 e. The third-order valence-corrected chi connectivity index (χ3v) is 4.51. The summed E-state index contributed by atoms with van der Waals surface area (Å²) in [6, 6.07) is 8.84. The van der Waals surface area contributed by atoms with E-state index in [1.807, 2.05) is 0 Å². The molecule has 0 amide bonds. The summed E-state index contributed by atoms with van der Waals surface area (Å²) in [4.78, 5) is 0. The minimum Gasteiger partial charge on any atom is -0.308 e. The van der Waals surface area contributed by atoms with E-state index in [0.717, 1.165) is 12.8 Å². The Morgan fingerprint density at radius 2 is 1.61 bits per heavy atom. The van der Waals surface area contributed by atoms with Crippen LogP contribution in [0.2, 0.25) is 0 Å². The largest absolute Gasteiger partial charge is 0.308 e. The van der Waals surface area contributed by atoms with Crippen LogP contribution in [0, 0.1) is 11.8 Å². The predicted molar refractivity (Wildman–Crippen MR) is 67.9 cm³/mol. The summed E-state index contributed by atoms with van der Waals surface area (Å²) in [5.74, 6) is 1.08.